The molecule has 0 aromatic carbocycles. The van der Waals surface area contributed by atoms with Gasteiger partial charge in [0.25, 0.3) is 0 Å². The zero-order valence-electron chi connectivity index (χ0n) is 11.2. The molecule has 5 heteroatoms. The number of likely N-dealkylation sites (N-methyl/N-ethyl adjacent to an activating group) is 1. The highest BCUT2D eigenvalue weighted by molar-refractivity contribution is 8.02. The van der Waals surface area contributed by atoms with Gasteiger partial charge in [0.1, 0.15) is 5.37 Å². The van der Waals surface area contributed by atoms with Crippen molar-refractivity contribution in [3.8, 4) is 0 Å². The van der Waals surface area contributed by atoms with Crippen molar-refractivity contribution in [1.82, 2.24) is 19.7 Å². The summed E-state index contributed by atoms with van der Waals surface area (Å²) in [7, 11) is 2.19. The van der Waals surface area contributed by atoms with Crippen molar-refractivity contribution in [1.29, 1.82) is 0 Å². The van der Waals surface area contributed by atoms with Crippen molar-refractivity contribution >= 4 is 11.8 Å². The molecule has 0 N–H and O–H groups in total. The second kappa shape index (κ2) is 5.94. The Morgan fingerprint density at radius 2 is 2.00 bits per heavy atom. The molecule has 101 valence electrons. The molecule has 3 heterocycles. The van der Waals surface area contributed by atoms with Crippen LogP contribution in [-0.4, -0.2) is 59.6 Å². The van der Waals surface area contributed by atoms with Gasteiger partial charge in [-0.25, -0.2) is 0 Å². The zero-order chi connectivity index (χ0) is 13.1. The molecule has 1 radical (unpaired) electrons. The van der Waals surface area contributed by atoms with Crippen molar-refractivity contribution in [3.05, 3.63) is 41.7 Å². The molecule has 3 rings (SSSR count). The maximum atomic E-state index is 4.09. The smallest absolute Gasteiger partial charge is 0.106 e. The predicted molar refractivity (Wildman–Crippen MR) is 78.2 cm³/mol. The largest absolute Gasteiger partial charge is 0.340 e. The molecular weight excluding hydrogens is 256 g/mol. The lowest BCUT2D eigenvalue weighted by Crippen LogP contribution is -2.47. The maximum Gasteiger partial charge on any atom is 0.106 e. The van der Waals surface area contributed by atoms with Crippen molar-refractivity contribution < 1.29 is 0 Å². The highest BCUT2D eigenvalue weighted by Gasteiger charge is 2.25. The van der Waals surface area contributed by atoms with Gasteiger partial charge in [-0.15, -0.1) is 11.8 Å². The number of thioether (sulfide) groups is 1. The van der Waals surface area contributed by atoms with E-state index in [0.717, 1.165) is 32.8 Å². The van der Waals surface area contributed by atoms with Crippen molar-refractivity contribution in [2.75, 3.05) is 39.9 Å². The second-order valence-electron chi connectivity index (χ2n) is 5.05. The van der Waals surface area contributed by atoms with E-state index in [9.17, 15) is 0 Å². The third kappa shape index (κ3) is 3.11. The summed E-state index contributed by atoms with van der Waals surface area (Å²) in [5, 5.41) is 2.42. The van der Waals surface area contributed by atoms with Crippen molar-refractivity contribution in [2.45, 2.75) is 5.37 Å². The Bertz CT molecular complexity index is 428. The van der Waals surface area contributed by atoms with Crippen LogP contribution in [0.1, 0.15) is 10.9 Å². The van der Waals surface area contributed by atoms with E-state index in [1.54, 1.807) is 0 Å². The average molecular weight is 275 g/mol. The highest BCUT2D eigenvalue weighted by Crippen LogP contribution is 2.37. The Morgan fingerprint density at radius 1 is 1.26 bits per heavy atom. The van der Waals surface area contributed by atoms with Gasteiger partial charge in [0.15, 0.2) is 0 Å². The summed E-state index contributed by atoms with van der Waals surface area (Å²) in [6.45, 7) is 5.56. The topological polar surface area (TPSA) is 22.6 Å². The lowest BCUT2D eigenvalue weighted by Gasteiger charge is -2.36. The van der Waals surface area contributed by atoms with Crippen LogP contribution in [-0.2, 0) is 0 Å². The first-order valence-electron chi connectivity index (χ1n) is 6.64. The Kier molecular flexibility index (Phi) is 4.06. The SMILES string of the molecule is CN1CCN(CN2[C]=CSC2c2ccncc2)CC1. The minimum absolute atomic E-state index is 0.350. The first kappa shape index (κ1) is 13.0. The van der Waals surface area contributed by atoms with Crippen LogP contribution in [0.5, 0.6) is 0 Å². The third-order valence-corrected chi connectivity index (χ3v) is 4.66. The fourth-order valence-electron chi connectivity index (χ4n) is 2.41. The van der Waals surface area contributed by atoms with Crippen LogP contribution < -0.4 is 0 Å². The van der Waals surface area contributed by atoms with E-state index in [4.69, 9.17) is 0 Å². The van der Waals surface area contributed by atoms with Gasteiger partial charge in [0.2, 0.25) is 0 Å². The Hall–Kier alpha value is -1.04. The summed E-state index contributed by atoms with van der Waals surface area (Å²) in [5.41, 5.74) is 1.30. The molecule has 0 bridgehead atoms. The van der Waals surface area contributed by atoms with E-state index in [1.165, 1.54) is 5.56 Å². The maximum absolute atomic E-state index is 4.09. The Balaban J connectivity index is 1.62. The first-order valence-corrected chi connectivity index (χ1v) is 7.58. The van der Waals surface area contributed by atoms with E-state index in [1.807, 2.05) is 24.2 Å². The van der Waals surface area contributed by atoms with Crippen LogP contribution in [0.15, 0.2) is 29.9 Å². The van der Waals surface area contributed by atoms with Crippen LogP contribution >= 0.6 is 11.8 Å². The van der Waals surface area contributed by atoms with Gasteiger partial charge in [-0.05, 0) is 30.2 Å². The molecule has 2 aliphatic rings. The summed E-state index contributed by atoms with van der Waals surface area (Å²) in [5.74, 6) is 0. The van der Waals surface area contributed by atoms with Crippen LogP contribution in [0.25, 0.3) is 0 Å². The number of hydrogen-bond acceptors (Lipinski definition) is 5. The first-order chi connectivity index (χ1) is 9.33. The van der Waals surface area contributed by atoms with Crippen LogP contribution in [0.3, 0.4) is 0 Å². The molecule has 1 aromatic rings. The number of piperazine rings is 1. The summed E-state index contributed by atoms with van der Waals surface area (Å²) in [6, 6.07) is 4.19. The molecule has 0 spiro atoms. The summed E-state index contributed by atoms with van der Waals surface area (Å²) in [4.78, 5) is 11.3. The molecule has 1 fully saturated rings. The Morgan fingerprint density at radius 3 is 2.74 bits per heavy atom. The fourth-order valence-corrected chi connectivity index (χ4v) is 3.32. The molecule has 1 saturated heterocycles. The van der Waals surface area contributed by atoms with Gasteiger partial charge in [-0.3, -0.25) is 9.88 Å². The van der Waals surface area contributed by atoms with E-state index in [-0.39, 0.29) is 0 Å². The van der Waals surface area contributed by atoms with Gasteiger partial charge in [0, 0.05) is 38.6 Å². The van der Waals surface area contributed by atoms with Crippen molar-refractivity contribution in [3.63, 3.8) is 0 Å². The lowest BCUT2D eigenvalue weighted by atomic mass is 10.2. The molecule has 1 unspecified atom stereocenters. The van der Waals surface area contributed by atoms with E-state index in [2.05, 4.69) is 50.5 Å². The lowest BCUT2D eigenvalue weighted by molar-refractivity contribution is 0.0992. The molecule has 0 amide bonds. The summed E-state index contributed by atoms with van der Waals surface area (Å²) >= 11 is 1.82. The molecule has 4 nitrogen and oxygen atoms in total. The Labute approximate surface area is 119 Å². The number of pyridine rings is 1. The minimum Gasteiger partial charge on any atom is -0.340 e. The molecule has 1 atom stereocenters. The average Bonchev–Trinajstić information content (AvgIpc) is 2.90. The van der Waals surface area contributed by atoms with E-state index < -0.39 is 0 Å². The van der Waals surface area contributed by atoms with E-state index >= 15 is 0 Å². The highest BCUT2D eigenvalue weighted by atomic mass is 32.2. The van der Waals surface area contributed by atoms with Gasteiger partial charge >= 0.3 is 0 Å². The standard InChI is InChI=1S/C14H19N4S/c1-16-6-8-17(9-7-16)12-18-10-11-19-14(18)13-2-4-15-5-3-13/h2-5,11,14H,6-9,12H2,1H3. The zero-order valence-corrected chi connectivity index (χ0v) is 12.0. The minimum atomic E-state index is 0.350. The third-order valence-electron chi connectivity index (χ3n) is 3.64. The number of aromatic nitrogens is 1. The predicted octanol–water partition coefficient (Wildman–Crippen LogP) is 1.61. The van der Waals surface area contributed by atoms with Gasteiger partial charge < -0.3 is 9.80 Å². The van der Waals surface area contributed by atoms with Gasteiger partial charge in [0.05, 0.1) is 12.9 Å². The summed E-state index contributed by atoms with van der Waals surface area (Å²) < 4.78 is 0. The summed E-state index contributed by atoms with van der Waals surface area (Å²) in [6.07, 6.45) is 7.09. The molecule has 19 heavy (non-hydrogen) atoms. The fraction of sp³-hybridized carbons (Fsp3) is 0.500. The number of hydrogen-bond donors (Lipinski definition) is 0. The molecule has 2 aliphatic heterocycles. The van der Waals surface area contributed by atoms with Gasteiger partial charge in [-0.1, -0.05) is 0 Å². The van der Waals surface area contributed by atoms with Crippen LogP contribution in [0.4, 0.5) is 0 Å². The molecule has 1 aromatic heterocycles. The number of rotatable bonds is 3. The quantitative estimate of drug-likeness (QED) is 0.834. The van der Waals surface area contributed by atoms with Crippen LogP contribution in [0, 0.1) is 6.20 Å². The monoisotopic (exact) mass is 275 g/mol. The normalized spacial score (nSPS) is 25.1. The number of nitrogens with zero attached hydrogens (tertiary/aromatic N) is 4. The molecule has 0 saturated carbocycles. The van der Waals surface area contributed by atoms with Gasteiger partial charge in [-0.2, -0.15) is 0 Å². The van der Waals surface area contributed by atoms with E-state index in [0.29, 0.717) is 5.37 Å². The van der Waals surface area contributed by atoms with Crippen molar-refractivity contribution in [2.24, 2.45) is 0 Å². The molecular formula is C14H19N4S. The second-order valence-corrected chi connectivity index (χ2v) is 6.00. The van der Waals surface area contributed by atoms with Crippen LogP contribution in [0.2, 0.25) is 0 Å². The molecule has 0 aliphatic carbocycles.